The highest BCUT2D eigenvalue weighted by Gasteiger charge is 2.05. The Labute approximate surface area is 78.8 Å². The molecule has 0 saturated heterocycles. The van der Waals surface area contributed by atoms with Gasteiger partial charge in [-0.2, -0.15) is 0 Å². The number of hydrogen-bond acceptors (Lipinski definition) is 0. The van der Waals surface area contributed by atoms with Gasteiger partial charge in [-0.1, -0.05) is 13.8 Å². The van der Waals surface area contributed by atoms with Crippen LogP contribution >= 0.6 is 0 Å². The van der Waals surface area contributed by atoms with E-state index in [1.165, 1.54) is 22.0 Å². The van der Waals surface area contributed by atoms with E-state index >= 15 is 0 Å². The maximum absolute atomic E-state index is 3.24. The monoisotopic (exact) mass is 173 g/mol. The topological polar surface area (TPSA) is 15.8 Å². The average Bonchev–Trinajstić information content (AvgIpc) is 2.48. The number of hydrogen-bond donors (Lipinski definition) is 1. The second kappa shape index (κ2) is 2.91. The summed E-state index contributed by atoms with van der Waals surface area (Å²) in [6, 6.07) is 6.63. The van der Waals surface area contributed by atoms with Gasteiger partial charge in [-0.05, 0) is 47.6 Å². The van der Waals surface area contributed by atoms with Gasteiger partial charge in [0.2, 0.25) is 0 Å². The predicted octanol–water partition coefficient (Wildman–Crippen LogP) is 3.60. The van der Waals surface area contributed by atoms with E-state index in [4.69, 9.17) is 0 Å². The van der Waals surface area contributed by atoms with Gasteiger partial charge in [-0.15, -0.1) is 0 Å². The van der Waals surface area contributed by atoms with E-state index in [0.29, 0.717) is 5.92 Å². The number of benzene rings is 1. The molecule has 0 unspecified atom stereocenters. The Balaban J connectivity index is 2.69. The van der Waals surface area contributed by atoms with E-state index in [2.05, 4.69) is 44.0 Å². The van der Waals surface area contributed by atoms with Crippen LogP contribution in [0.1, 0.15) is 30.9 Å². The summed E-state index contributed by atoms with van der Waals surface area (Å²) < 4.78 is 0. The van der Waals surface area contributed by atoms with Gasteiger partial charge in [-0.3, -0.25) is 0 Å². The van der Waals surface area contributed by atoms with Gasteiger partial charge in [0.05, 0.1) is 0 Å². The molecule has 0 aliphatic carbocycles. The molecule has 1 aromatic heterocycles. The largest absolute Gasteiger partial charge is 0.361 e. The molecule has 13 heavy (non-hydrogen) atoms. The zero-order chi connectivity index (χ0) is 9.42. The molecular formula is C12H15N. The van der Waals surface area contributed by atoms with Crippen LogP contribution in [-0.2, 0) is 0 Å². The molecule has 0 bridgehead atoms. The van der Waals surface area contributed by atoms with Crippen LogP contribution in [0.3, 0.4) is 0 Å². The second-order valence-electron chi connectivity index (χ2n) is 3.93. The minimum atomic E-state index is 0.604. The first kappa shape index (κ1) is 8.36. The Morgan fingerprint density at radius 1 is 1.23 bits per heavy atom. The highest BCUT2D eigenvalue weighted by atomic mass is 14.7. The molecule has 1 aromatic carbocycles. The van der Waals surface area contributed by atoms with Crippen molar-refractivity contribution in [3.8, 4) is 0 Å². The maximum Gasteiger partial charge on any atom is 0.0456 e. The van der Waals surface area contributed by atoms with Crippen LogP contribution in [0.2, 0.25) is 0 Å². The number of aromatic amines is 1. The minimum absolute atomic E-state index is 0.604. The third kappa shape index (κ3) is 1.35. The third-order valence-corrected chi connectivity index (χ3v) is 2.56. The summed E-state index contributed by atoms with van der Waals surface area (Å²) >= 11 is 0. The summed E-state index contributed by atoms with van der Waals surface area (Å²) in [5.74, 6) is 0.604. The lowest BCUT2D eigenvalue weighted by Crippen LogP contribution is -1.91. The van der Waals surface area contributed by atoms with Crippen LogP contribution in [0, 0.1) is 6.92 Å². The second-order valence-corrected chi connectivity index (χ2v) is 3.93. The number of nitrogens with one attached hydrogen (secondary N) is 1. The zero-order valence-electron chi connectivity index (χ0n) is 8.39. The van der Waals surface area contributed by atoms with Gasteiger partial charge in [0.15, 0.2) is 0 Å². The van der Waals surface area contributed by atoms with Crippen molar-refractivity contribution in [2.75, 3.05) is 0 Å². The van der Waals surface area contributed by atoms with Crippen molar-refractivity contribution in [2.45, 2.75) is 26.7 Å². The van der Waals surface area contributed by atoms with Crippen LogP contribution in [0.5, 0.6) is 0 Å². The van der Waals surface area contributed by atoms with Crippen LogP contribution in [0.4, 0.5) is 0 Å². The van der Waals surface area contributed by atoms with E-state index in [9.17, 15) is 0 Å². The molecule has 2 rings (SSSR count). The molecule has 68 valence electrons. The molecule has 1 N–H and O–H groups in total. The SMILES string of the molecule is Cc1cc2cc[nH]c2cc1C(C)C. The summed E-state index contributed by atoms with van der Waals surface area (Å²) in [5.41, 5.74) is 4.08. The summed E-state index contributed by atoms with van der Waals surface area (Å²) in [6.45, 7) is 6.65. The fraction of sp³-hybridized carbons (Fsp3) is 0.333. The molecule has 2 aromatic rings. The molecule has 0 aliphatic rings. The number of aromatic nitrogens is 1. The van der Waals surface area contributed by atoms with Gasteiger partial charge < -0.3 is 4.98 Å². The molecule has 0 fully saturated rings. The fourth-order valence-corrected chi connectivity index (χ4v) is 1.85. The van der Waals surface area contributed by atoms with Crippen molar-refractivity contribution in [3.05, 3.63) is 35.5 Å². The number of fused-ring (bicyclic) bond motifs is 1. The van der Waals surface area contributed by atoms with E-state index in [-0.39, 0.29) is 0 Å². The van der Waals surface area contributed by atoms with E-state index in [1.807, 2.05) is 6.20 Å². The van der Waals surface area contributed by atoms with Crippen molar-refractivity contribution in [1.29, 1.82) is 0 Å². The molecule has 0 spiro atoms. The number of aryl methyl sites for hydroxylation is 1. The highest BCUT2D eigenvalue weighted by Crippen LogP contribution is 2.24. The van der Waals surface area contributed by atoms with Gasteiger partial charge >= 0.3 is 0 Å². The van der Waals surface area contributed by atoms with Gasteiger partial charge in [-0.25, -0.2) is 0 Å². The lowest BCUT2D eigenvalue weighted by molar-refractivity contribution is 0.858. The van der Waals surface area contributed by atoms with Crippen molar-refractivity contribution in [3.63, 3.8) is 0 Å². The first-order valence-corrected chi connectivity index (χ1v) is 4.76. The quantitative estimate of drug-likeness (QED) is 0.678. The van der Waals surface area contributed by atoms with Gasteiger partial charge in [0, 0.05) is 11.7 Å². The Kier molecular flexibility index (Phi) is 1.87. The van der Waals surface area contributed by atoms with Crippen molar-refractivity contribution in [2.24, 2.45) is 0 Å². The van der Waals surface area contributed by atoms with Gasteiger partial charge in [0.1, 0.15) is 0 Å². The summed E-state index contributed by atoms with van der Waals surface area (Å²) in [5, 5.41) is 1.31. The zero-order valence-corrected chi connectivity index (χ0v) is 8.39. The first-order valence-electron chi connectivity index (χ1n) is 4.76. The van der Waals surface area contributed by atoms with Gasteiger partial charge in [0.25, 0.3) is 0 Å². The molecule has 1 heteroatoms. The molecule has 0 atom stereocenters. The van der Waals surface area contributed by atoms with E-state index in [0.717, 1.165) is 0 Å². The lowest BCUT2D eigenvalue weighted by Gasteiger charge is -2.09. The van der Waals surface area contributed by atoms with Crippen LogP contribution in [0.15, 0.2) is 24.4 Å². The van der Waals surface area contributed by atoms with E-state index < -0.39 is 0 Å². The molecular weight excluding hydrogens is 158 g/mol. The molecule has 0 amide bonds. The minimum Gasteiger partial charge on any atom is -0.361 e. The predicted molar refractivity (Wildman–Crippen MR) is 57.1 cm³/mol. The van der Waals surface area contributed by atoms with Crippen molar-refractivity contribution >= 4 is 10.9 Å². The number of rotatable bonds is 1. The molecule has 1 heterocycles. The Morgan fingerprint density at radius 2 is 2.00 bits per heavy atom. The van der Waals surface area contributed by atoms with Crippen molar-refractivity contribution in [1.82, 2.24) is 4.98 Å². The van der Waals surface area contributed by atoms with Crippen LogP contribution in [0.25, 0.3) is 10.9 Å². The molecule has 1 nitrogen and oxygen atoms in total. The van der Waals surface area contributed by atoms with Crippen LogP contribution in [-0.4, -0.2) is 4.98 Å². The highest BCUT2D eigenvalue weighted by molar-refractivity contribution is 5.81. The molecule has 0 radical (unpaired) electrons. The fourth-order valence-electron chi connectivity index (χ4n) is 1.85. The normalized spacial score (nSPS) is 11.4. The smallest absolute Gasteiger partial charge is 0.0456 e. The summed E-state index contributed by atoms with van der Waals surface area (Å²) in [7, 11) is 0. The maximum atomic E-state index is 3.24. The van der Waals surface area contributed by atoms with Crippen LogP contribution < -0.4 is 0 Å². The Hall–Kier alpha value is -1.24. The third-order valence-electron chi connectivity index (χ3n) is 2.56. The Bertz CT molecular complexity index is 424. The molecule has 0 aliphatic heterocycles. The van der Waals surface area contributed by atoms with E-state index in [1.54, 1.807) is 0 Å². The van der Waals surface area contributed by atoms with Crippen molar-refractivity contribution < 1.29 is 0 Å². The first-order chi connectivity index (χ1) is 6.18. The summed E-state index contributed by atoms with van der Waals surface area (Å²) in [6.07, 6.45) is 1.99. The Morgan fingerprint density at radius 3 is 2.69 bits per heavy atom. The lowest BCUT2D eigenvalue weighted by atomic mass is 9.97. The summed E-state index contributed by atoms with van der Waals surface area (Å²) in [4.78, 5) is 3.24. The molecule has 0 saturated carbocycles. The average molecular weight is 173 g/mol. The number of H-pyrrole nitrogens is 1. The standard InChI is InChI=1S/C12H15N/c1-8(2)11-7-12-10(4-5-13-12)6-9(11)3/h4-8,13H,1-3H3.